The first-order valence-electron chi connectivity index (χ1n) is 6.23. The molecular formula is C13H16F4N2O. The van der Waals surface area contributed by atoms with Gasteiger partial charge in [0, 0.05) is 19.4 Å². The van der Waals surface area contributed by atoms with Gasteiger partial charge in [0.15, 0.2) is 17.4 Å². The first kappa shape index (κ1) is 14.9. The van der Waals surface area contributed by atoms with Crippen LogP contribution in [0.1, 0.15) is 12.8 Å². The van der Waals surface area contributed by atoms with Crippen LogP contribution in [-0.4, -0.2) is 32.8 Å². The normalized spacial score (nSPS) is 21.9. The van der Waals surface area contributed by atoms with Crippen LogP contribution in [-0.2, 0) is 0 Å². The van der Waals surface area contributed by atoms with E-state index < -0.39 is 36.6 Å². The van der Waals surface area contributed by atoms with Gasteiger partial charge in [-0.05, 0) is 19.2 Å². The second-order valence-corrected chi connectivity index (χ2v) is 4.72. The predicted molar refractivity (Wildman–Crippen MR) is 67.3 cm³/mol. The molecule has 1 fully saturated rings. The quantitative estimate of drug-likeness (QED) is 0.867. The standard InChI is InChI=1S/C13H16F4N2O/c1-18-10-7-13(16,17)5-6-19(10)11-8(14)3-4-9(15)12(11)20-2/h3-4,10,18H,5-7H2,1-2H3. The van der Waals surface area contributed by atoms with Crippen molar-refractivity contribution in [2.75, 3.05) is 25.6 Å². The van der Waals surface area contributed by atoms with Crippen molar-refractivity contribution in [1.29, 1.82) is 0 Å². The summed E-state index contributed by atoms with van der Waals surface area (Å²) in [6.45, 7) is -0.0881. The molecule has 1 saturated heterocycles. The molecule has 0 aliphatic carbocycles. The van der Waals surface area contributed by atoms with E-state index in [2.05, 4.69) is 5.32 Å². The van der Waals surface area contributed by atoms with Crippen LogP contribution in [0.2, 0.25) is 0 Å². The number of alkyl halides is 2. The minimum atomic E-state index is -2.82. The first-order chi connectivity index (χ1) is 9.39. The minimum absolute atomic E-state index is 0.0881. The van der Waals surface area contributed by atoms with Gasteiger partial charge in [-0.25, -0.2) is 17.6 Å². The SMILES string of the molecule is CNC1CC(F)(F)CCN1c1c(F)ccc(F)c1OC. The fraction of sp³-hybridized carbons (Fsp3) is 0.538. The molecule has 0 aromatic heterocycles. The van der Waals surface area contributed by atoms with Gasteiger partial charge in [0.05, 0.1) is 13.3 Å². The van der Waals surface area contributed by atoms with Gasteiger partial charge in [0.2, 0.25) is 0 Å². The molecule has 1 unspecified atom stereocenters. The van der Waals surface area contributed by atoms with Gasteiger partial charge in [-0.2, -0.15) is 0 Å². The second kappa shape index (κ2) is 5.47. The molecule has 0 bridgehead atoms. The lowest BCUT2D eigenvalue weighted by molar-refractivity contribution is -0.0367. The van der Waals surface area contributed by atoms with Crippen molar-refractivity contribution in [2.24, 2.45) is 0 Å². The number of hydrogen-bond acceptors (Lipinski definition) is 3. The summed E-state index contributed by atoms with van der Waals surface area (Å²) in [5.74, 6) is -4.51. The number of anilines is 1. The van der Waals surface area contributed by atoms with E-state index in [0.717, 1.165) is 12.1 Å². The summed E-state index contributed by atoms with van der Waals surface area (Å²) >= 11 is 0. The van der Waals surface area contributed by atoms with Gasteiger partial charge in [-0.1, -0.05) is 0 Å². The summed E-state index contributed by atoms with van der Waals surface area (Å²) in [5, 5.41) is 2.71. The van der Waals surface area contributed by atoms with E-state index in [1.54, 1.807) is 0 Å². The lowest BCUT2D eigenvalue weighted by Crippen LogP contribution is -2.53. The van der Waals surface area contributed by atoms with Crippen molar-refractivity contribution >= 4 is 5.69 Å². The van der Waals surface area contributed by atoms with Crippen LogP contribution in [0.4, 0.5) is 23.2 Å². The number of hydrogen-bond donors (Lipinski definition) is 1. The van der Waals surface area contributed by atoms with Crippen molar-refractivity contribution in [3.63, 3.8) is 0 Å². The molecule has 1 aliphatic heterocycles. The lowest BCUT2D eigenvalue weighted by Gasteiger charge is -2.41. The molecule has 3 nitrogen and oxygen atoms in total. The van der Waals surface area contributed by atoms with Gasteiger partial charge in [-0.15, -0.1) is 0 Å². The number of methoxy groups -OCH3 is 1. The fourth-order valence-electron chi connectivity index (χ4n) is 2.44. The summed E-state index contributed by atoms with van der Waals surface area (Å²) < 4.78 is 59.4. The Labute approximate surface area is 114 Å². The van der Waals surface area contributed by atoms with Crippen LogP contribution in [0.5, 0.6) is 5.75 Å². The number of rotatable bonds is 3. The van der Waals surface area contributed by atoms with Crippen molar-refractivity contribution < 1.29 is 22.3 Å². The highest BCUT2D eigenvalue weighted by atomic mass is 19.3. The summed E-state index contributed by atoms with van der Waals surface area (Å²) in [6, 6.07) is 1.91. The monoisotopic (exact) mass is 292 g/mol. The average molecular weight is 292 g/mol. The van der Waals surface area contributed by atoms with Crippen molar-refractivity contribution in [3.05, 3.63) is 23.8 Å². The van der Waals surface area contributed by atoms with Gasteiger partial charge >= 0.3 is 0 Å². The third-order valence-electron chi connectivity index (χ3n) is 3.45. The maximum Gasteiger partial charge on any atom is 0.253 e. The average Bonchev–Trinajstić information content (AvgIpc) is 2.40. The van der Waals surface area contributed by atoms with Gasteiger partial charge in [0.1, 0.15) is 5.69 Å². The summed E-state index contributed by atoms with van der Waals surface area (Å²) in [4.78, 5) is 1.38. The molecule has 1 heterocycles. The molecule has 0 amide bonds. The molecule has 112 valence electrons. The van der Waals surface area contributed by atoms with Crippen LogP contribution < -0.4 is 15.0 Å². The van der Waals surface area contributed by atoms with Crippen LogP contribution in [0.25, 0.3) is 0 Å². The van der Waals surface area contributed by atoms with E-state index in [1.165, 1.54) is 19.1 Å². The van der Waals surface area contributed by atoms with E-state index in [9.17, 15) is 17.6 Å². The molecule has 2 rings (SSSR count). The Kier molecular flexibility index (Phi) is 4.08. The van der Waals surface area contributed by atoms with E-state index in [-0.39, 0.29) is 18.0 Å². The molecule has 0 radical (unpaired) electrons. The van der Waals surface area contributed by atoms with Crippen LogP contribution in [0.15, 0.2) is 12.1 Å². The zero-order valence-electron chi connectivity index (χ0n) is 11.2. The number of benzene rings is 1. The summed E-state index contributed by atoms with van der Waals surface area (Å²) in [6.07, 6.45) is -1.67. The third kappa shape index (κ3) is 2.67. The van der Waals surface area contributed by atoms with E-state index >= 15 is 0 Å². The van der Waals surface area contributed by atoms with E-state index in [1.807, 2.05) is 0 Å². The molecule has 0 saturated carbocycles. The number of piperidine rings is 1. The first-order valence-corrected chi connectivity index (χ1v) is 6.23. The highest BCUT2D eigenvalue weighted by Crippen LogP contribution is 2.40. The summed E-state index contributed by atoms with van der Waals surface area (Å²) in [7, 11) is 2.72. The Balaban J connectivity index is 2.43. The van der Waals surface area contributed by atoms with E-state index in [0.29, 0.717) is 0 Å². The molecule has 7 heteroatoms. The van der Waals surface area contributed by atoms with Gasteiger partial charge < -0.3 is 15.0 Å². The second-order valence-electron chi connectivity index (χ2n) is 4.72. The Bertz CT molecular complexity index is 496. The third-order valence-corrected chi connectivity index (χ3v) is 3.45. The molecular weight excluding hydrogens is 276 g/mol. The number of nitrogens with zero attached hydrogens (tertiary/aromatic N) is 1. The van der Waals surface area contributed by atoms with Crippen LogP contribution >= 0.6 is 0 Å². The number of halogens is 4. The fourth-order valence-corrected chi connectivity index (χ4v) is 2.44. The molecule has 20 heavy (non-hydrogen) atoms. The van der Waals surface area contributed by atoms with Crippen molar-refractivity contribution in [3.8, 4) is 5.75 Å². The zero-order chi connectivity index (χ0) is 14.9. The Morgan fingerprint density at radius 3 is 2.55 bits per heavy atom. The molecule has 1 aromatic rings. The molecule has 1 N–H and O–H groups in total. The smallest absolute Gasteiger partial charge is 0.253 e. The maximum absolute atomic E-state index is 14.0. The van der Waals surface area contributed by atoms with Gasteiger partial charge in [0.25, 0.3) is 5.92 Å². The zero-order valence-corrected chi connectivity index (χ0v) is 11.2. The van der Waals surface area contributed by atoms with Crippen LogP contribution in [0.3, 0.4) is 0 Å². The van der Waals surface area contributed by atoms with Crippen LogP contribution in [0, 0.1) is 11.6 Å². The van der Waals surface area contributed by atoms with Crippen molar-refractivity contribution in [1.82, 2.24) is 5.32 Å². The molecule has 1 atom stereocenters. The highest BCUT2D eigenvalue weighted by molar-refractivity contribution is 5.61. The Hall–Kier alpha value is -1.50. The largest absolute Gasteiger partial charge is 0.491 e. The topological polar surface area (TPSA) is 24.5 Å². The van der Waals surface area contributed by atoms with Gasteiger partial charge in [-0.3, -0.25) is 0 Å². The van der Waals surface area contributed by atoms with E-state index in [4.69, 9.17) is 4.74 Å². The molecule has 1 aromatic carbocycles. The Morgan fingerprint density at radius 2 is 1.95 bits per heavy atom. The maximum atomic E-state index is 14.0. The predicted octanol–water partition coefficient (Wildman–Crippen LogP) is 2.75. The molecule has 0 spiro atoms. The minimum Gasteiger partial charge on any atom is -0.491 e. The highest BCUT2D eigenvalue weighted by Gasteiger charge is 2.41. The lowest BCUT2D eigenvalue weighted by atomic mass is 10.0. The number of ether oxygens (including phenoxy) is 1. The Morgan fingerprint density at radius 1 is 1.30 bits per heavy atom. The number of nitrogens with one attached hydrogen (secondary N) is 1. The van der Waals surface area contributed by atoms with Crippen molar-refractivity contribution in [2.45, 2.75) is 24.9 Å². The summed E-state index contributed by atoms with van der Waals surface area (Å²) in [5.41, 5.74) is -0.123. The molecule has 1 aliphatic rings.